The molecule has 0 saturated carbocycles. The quantitative estimate of drug-likeness (QED) is 0.786. The molecule has 0 heterocycles. The Labute approximate surface area is 111 Å². The van der Waals surface area contributed by atoms with Crippen LogP contribution in [0.3, 0.4) is 0 Å². The van der Waals surface area contributed by atoms with Crippen molar-refractivity contribution >= 4 is 15.9 Å². The minimum atomic E-state index is 0.0354. The van der Waals surface area contributed by atoms with Gasteiger partial charge in [-0.25, -0.2) is 0 Å². The Kier molecular flexibility index (Phi) is 6.55. The summed E-state index contributed by atoms with van der Waals surface area (Å²) in [6, 6.07) is 5.95. The first-order chi connectivity index (χ1) is 8.15. The van der Waals surface area contributed by atoms with Crippen LogP contribution in [0.5, 0.6) is 5.75 Å². The van der Waals surface area contributed by atoms with Crippen molar-refractivity contribution in [3.05, 3.63) is 28.2 Å². The summed E-state index contributed by atoms with van der Waals surface area (Å²) in [5, 5.41) is 0. The normalized spacial score (nSPS) is 12.5. The first-order valence-corrected chi connectivity index (χ1v) is 6.70. The predicted molar refractivity (Wildman–Crippen MR) is 73.3 cm³/mol. The van der Waals surface area contributed by atoms with Gasteiger partial charge in [-0.05, 0) is 47.0 Å². The zero-order chi connectivity index (χ0) is 12.7. The molecule has 1 atom stereocenters. The molecule has 0 aliphatic heterocycles. The van der Waals surface area contributed by atoms with Crippen LogP contribution < -0.4 is 10.5 Å². The predicted octanol–water partition coefficient (Wildman–Crippen LogP) is 3.27. The van der Waals surface area contributed by atoms with E-state index in [1.807, 2.05) is 25.1 Å². The van der Waals surface area contributed by atoms with Gasteiger partial charge in [-0.2, -0.15) is 0 Å². The zero-order valence-electron chi connectivity index (χ0n) is 10.4. The lowest BCUT2D eigenvalue weighted by molar-refractivity contribution is 0.100. The molecular weight excluding hydrogens is 282 g/mol. The van der Waals surface area contributed by atoms with Gasteiger partial charge in [0.15, 0.2) is 0 Å². The van der Waals surface area contributed by atoms with Crippen LogP contribution in [0.15, 0.2) is 22.7 Å². The third-order valence-corrected chi connectivity index (χ3v) is 2.94. The van der Waals surface area contributed by atoms with Gasteiger partial charge in [0, 0.05) is 12.6 Å². The molecule has 2 N–H and O–H groups in total. The summed E-state index contributed by atoms with van der Waals surface area (Å²) in [5.74, 6) is 0.828. The summed E-state index contributed by atoms with van der Waals surface area (Å²) in [6.07, 6.45) is 1.03. The van der Waals surface area contributed by atoms with E-state index < -0.39 is 0 Å². The summed E-state index contributed by atoms with van der Waals surface area (Å²) in [6.45, 7) is 6.02. The van der Waals surface area contributed by atoms with Crippen LogP contribution in [0, 0.1) is 0 Å². The second kappa shape index (κ2) is 7.69. The number of rotatable bonds is 7. The summed E-state index contributed by atoms with van der Waals surface area (Å²) in [5.41, 5.74) is 6.90. The second-order valence-corrected chi connectivity index (χ2v) is 4.79. The Bertz CT molecular complexity index is 342. The van der Waals surface area contributed by atoms with E-state index in [1.165, 1.54) is 0 Å². The average molecular weight is 302 g/mol. The van der Waals surface area contributed by atoms with Crippen molar-refractivity contribution in [1.82, 2.24) is 0 Å². The van der Waals surface area contributed by atoms with Crippen molar-refractivity contribution in [2.24, 2.45) is 5.73 Å². The molecule has 1 rings (SSSR count). The monoisotopic (exact) mass is 301 g/mol. The van der Waals surface area contributed by atoms with E-state index in [2.05, 4.69) is 22.9 Å². The lowest BCUT2D eigenvalue weighted by Gasteiger charge is -2.11. The highest BCUT2D eigenvalue weighted by molar-refractivity contribution is 9.10. The van der Waals surface area contributed by atoms with E-state index in [4.69, 9.17) is 15.2 Å². The molecule has 3 nitrogen and oxygen atoms in total. The van der Waals surface area contributed by atoms with Crippen molar-refractivity contribution in [2.45, 2.75) is 26.3 Å². The van der Waals surface area contributed by atoms with E-state index in [0.29, 0.717) is 13.2 Å². The van der Waals surface area contributed by atoms with Crippen LogP contribution in [-0.4, -0.2) is 19.8 Å². The maximum Gasteiger partial charge on any atom is 0.133 e. The molecule has 17 heavy (non-hydrogen) atoms. The molecule has 0 aliphatic rings. The number of nitrogens with two attached hydrogens (primary N) is 1. The zero-order valence-corrected chi connectivity index (χ0v) is 12.0. The fraction of sp³-hybridized carbons (Fsp3) is 0.538. The van der Waals surface area contributed by atoms with Gasteiger partial charge in [0.25, 0.3) is 0 Å². The van der Waals surface area contributed by atoms with Gasteiger partial charge in [0.1, 0.15) is 12.4 Å². The molecular formula is C13H20BrNO2. The third-order valence-electron chi connectivity index (χ3n) is 2.32. The number of halogens is 1. The third kappa shape index (κ3) is 5.06. The van der Waals surface area contributed by atoms with Crippen LogP contribution in [0.2, 0.25) is 0 Å². The van der Waals surface area contributed by atoms with Crippen molar-refractivity contribution in [3.63, 3.8) is 0 Å². The van der Waals surface area contributed by atoms with Crippen molar-refractivity contribution < 1.29 is 9.47 Å². The van der Waals surface area contributed by atoms with Crippen molar-refractivity contribution in [2.75, 3.05) is 19.8 Å². The summed E-state index contributed by atoms with van der Waals surface area (Å²) in [4.78, 5) is 0. The summed E-state index contributed by atoms with van der Waals surface area (Å²) < 4.78 is 11.9. The first-order valence-electron chi connectivity index (χ1n) is 5.90. The lowest BCUT2D eigenvalue weighted by atomic mass is 10.1. The highest BCUT2D eigenvalue weighted by Crippen LogP contribution is 2.27. The Morgan fingerprint density at radius 2 is 2.06 bits per heavy atom. The Morgan fingerprint density at radius 3 is 2.65 bits per heavy atom. The minimum Gasteiger partial charge on any atom is -0.490 e. The van der Waals surface area contributed by atoms with E-state index >= 15 is 0 Å². The molecule has 0 fully saturated rings. The van der Waals surface area contributed by atoms with Gasteiger partial charge in [-0.3, -0.25) is 0 Å². The Hall–Kier alpha value is -0.580. The lowest BCUT2D eigenvalue weighted by Crippen LogP contribution is -2.08. The molecule has 0 aliphatic carbocycles. The molecule has 0 saturated heterocycles. The minimum absolute atomic E-state index is 0.0354. The van der Waals surface area contributed by atoms with Crippen LogP contribution in [0.25, 0.3) is 0 Å². The average Bonchev–Trinajstić information content (AvgIpc) is 2.30. The molecule has 0 aromatic heterocycles. The molecule has 4 heteroatoms. The van der Waals surface area contributed by atoms with Crippen LogP contribution in [0.4, 0.5) is 0 Å². The molecule has 1 aromatic carbocycles. The Morgan fingerprint density at radius 1 is 1.29 bits per heavy atom. The molecule has 0 amide bonds. The van der Waals surface area contributed by atoms with E-state index in [0.717, 1.165) is 28.8 Å². The maximum absolute atomic E-state index is 5.81. The Balaban J connectivity index is 2.43. The van der Waals surface area contributed by atoms with Crippen molar-refractivity contribution in [1.29, 1.82) is 0 Å². The maximum atomic E-state index is 5.81. The molecule has 96 valence electrons. The number of benzene rings is 1. The summed E-state index contributed by atoms with van der Waals surface area (Å²) in [7, 11) is 0. The van der Waals surface area contributed by atoms with E-state index in [1.54, 1.807) is 0 Å². The fourth-order valence-corrected chi connectivity index (χ4v) is 1.89. The van der Waals surface area contributed by atoms with Gasteiger partial charge in [-0.1, -0.05) is 13.0 Å². The van der Waals surface area contributed by atoms with Crippen LogP contribution >= 0.6 is 15.9 Å². The van der Waals surface area contributed by atoms with Gasteiger partial charge < -0.3 is 15.2 Å². The number of ether oxygens (including phenoxy) is 2. The van der Waals surface area contributed by atoms with Gasteiger partial charge in [0.2, 0.25) is 0 Å². The van der Waals surface area contributed by atoms with Gasteiger partial charge in [0.05, 0.1) is 11.1 Å². The van der Waals surface area contributed by atoms with Crippen LogP contribution in [0.1, 0.15) is 31.9 Å². The number of hydrogen-bond acceptors (Lipinski definition) is 3. The largest absolute Gasteiger partial charge is 0.490 e. The van der Waals surface area contributed by atoms with Crippen LogP contribution in [-0.2, 0) is 4.74 Å². The highest BCUT2D eigenvalue weighted by atomic mass is 79.9. The van der Waals surface area contributed by atoms with E-state index in [9.17, 15) is 0 Å². The summed E-state index contributed by atoms with van der Waals surface area (Å²) >= 11 is 3.48. The fourth-order valence-electron chi connectivity index (χ4n) is 1.37. The smallest absolute Gasteiger partial charge is 0.133 e. The molecule has 0 bridgehead atoms. The van der Waals surface area contributed by atoms with Gasteiger partial charge >= 0.3 is 0 Å². The number of hydrogen-bond donors (Lipinski definition) is 1. The topological polar surface area (TPSA) is 44.5 Å². The molecule has 0 unspecified atom stereocenters. The first kappa shape index (κ1) is 14.5. The molecule has 0 spiro atoms. The SMILES string of the molecule is CCCOCCOc1ccc([C@@H](C)N)cc1Br. The molecule has 0 radical (unpaired) electrons. The van der Waals surface area contributed by atoms with E-state index in [-0.39, 0.29) is 6.04 Å². The highest BCUT2D eigenvalue weighted by Gasteiger charge is 2.05. The second-order valence-electron chi connectivity index (χ2n) is 3.94. The standard InChI is InChI=1S/C13H20BrNO2/c1-3-6-16-7-8-17-13-5-4-11(10(2)15)9-12(13)14/h4-5,9-10H,3,6-8,15H2,1-2H3/t10-/m1/s1. The molecule has 1 aromatic rings. The van der Waals surface area contributed by atoms with Crippen molar-refractivity contribution in [3.8, 4) is 5.75 Å². The van der Waals surface area contributed by atoms with Gasteiger partial charge in [-0.15, -0.1) is 0 Å².